The Kier molecular flexibility index (Phi) is 3.72. The van der Waals surface area contributed by atoms with Crippen LogP contribution in [-0.2, 0) is 4.74 Å². The predicted molar refractivity (Wildman–Crippen MR) is 80.7 cm³/mol. The maximum atomic E-state index is 12.7. The van der Waals surface area contributed by atoms with Gasteiger partial charge >= 0.3 is 0 Å². The van der Waals surface area contributed by atoms with Crippen LogP contribution in [0.4, 0.5) is 0 Å². The van der Waals surface area contributed by atoms with Crippen LogP contribution in [0, 0.1) is 0 Å². The number of thiocarbonyl (C=S) groups is 1. The molecule has 2 fully saturated rings. The van der Waals surface area contributed by atoms with Crippen molar-refractivity contribution in [3.05, 3.63) is 35.4 Å². The van der Waals surface area contributed by atoms with Crippen LogP contribution in [0.3, 0.4) is 0 Å². The Hall–Kier alpha value is -1.46. The van der Waals surface area contributed by atoms with Crippen LogP contribution in [0.15, 0.2) is 24.3 Å². The Bertz CT molecular complexity index is 546. The number of nitrogens with zero attached hydrogens (tertiary/aromatic N) is 1. The Morgan fingerprint density at radius 1 is 1.35 bits per heavy atom. The first kappa shape index (κ1) is 13.5. The summed E-state index contributed by atoms with van der Waals surface area (Å²) in [6.07, 6.45) is 3.44. The molecule has 1 amide bonds. The molecule has 5 heteroatoms. The van der Waals surface area contributed by atoms with Crippen LogP contribution in [0.2, 0.25) is 0 Å². The fraction of sp³-hybridized carbons (Fsp3) is 0.467. The first-order valence-corrected chi connectivity index (χ1v) is 7.40. The highest BCUT2D eigenvalue weighted by atomic mass is 32.1. The van der Waals surface area contributed by atoms with Crippen molar-refractivity contribution in [1.82, 2.24) is 4.90 Å². The number of hydrogen-bond acceptors (Lipinski definition) is 3. The lowest BCUT2D eigenvalue weighted by Gasteiger charge is -2.37. The first-order chi connectivity index (χ1) is 9.66. The molecule has 2 unspecified atom stereocenters. The summed E-state index contributed by atoms with van der Waals surface area (Å²) in [7, 11) is 0. The Labute approximate surface area is 123 Å². The van der Waals surface area contributed by atoms with Crippen molar-refractivity contribution in [1.29, 1.82) is 0 Å². The molecule has 0 radical (unpaired) electrons. The molecule has 106 valence electrons. The lowest BCUT2D eigenvalue weighted by atomic mass is 10.1. The SMILES string of the molecule is NC(=S)c1cccc(C(=O)N2CCOC3CCCC32)c1. The summed E-state index contributed by atoms with van der Waals surface area (Å²) in [5.74, 6) is 0.0586. The average molecular weight is 290 g/mol. The molecular formula is C15H18N2O2S. The molecule has 0 spiro atoms. The van der Waals surface area contributed by atoms with Crippen LogP contribution < -0.4 is 5.73 Å². The van der Waals surface area contributed by atoms with Gasteiger partial charge in [0.25, 0.3) is 5.91 Å². The minimum atomic E-state index is 0.0586. The van der Waals surface area contributed by atoms with Gasteiger partial charge in [0.15, 0.2) is 0 Å². The highest BCUT2D eigenvalue weighted by molar-refractivity contribution is 7.80. The summed E-state index contributed by atoms with van der Waals surface area (Å²) >= 11 is 4.97. The van der Waals surface area contributed by atoms with E-state index in [2.05, 4.69) is 0 Å². The van der Waals surface area contributed by atoms with E-state index in [1.165, 1.54) is 0 Å². The smallest absolute Gasteiger partial charge is 0.254 e. The van der Waals surface area contributed by atoms with Gasteiger partial charge in [0.2, 0.25) is 0 Å². The number of morpholine rings is 1. The van der Waals surface area contributed by atoms with E-state index < -0.39 is 0 Å². The molecule has 1 aliphatic heterocycles. The van der Waals surface area contributed by atoms with Gasteiger partial charge < -0.3 is 15.4 Å². The summed E-state index contributed by atoms with van der Waals surface area (Å²) in [6, 6.07) is 7.49. The maximum absolute atomic E-state index is 12.7. The molecule has 1 aliphatic carbocycles. The molecule has 1 aromatic rings. The normalized spacial score (nSPS) is 25.3. The van der Waals surface area contributed by atoms with E-state index in [4.69, 9.17) is 22.7 Å². The van der Waals surface area contributed by atoms with E-state index in [9.17, 15) is 4.79 Å². The number of ether oxygens (including phenoxy) is 1. The fourth-order valence-corrected chi connectivity index (χ4v) is 3.28. The predicted octanol–water partition coefficient (Wildman–Crippen LogP) is 1.71. The van der Waals surface area contributed by atoms with Crippen LogP contribution in [0.5, 0.6) is 0 Å². The van der Waals surface area contributed by atoms with Crippen molar-refractivity contribution in [2.45, 2.75) is 31.4 Å². The van der Waals surface area contributed by atoms with E-state index in [-0.39, 0.29) is 18.1 Å². The summed E-state index contributed by atoms with van der Waals surface area (Å²) in [4.78, 5) is 15.0. The van der Waals surface area contributed by atoms with Gasteiger partial charge in [-0.2, -0.15) is 0 Å². The van der Waals surface area contributed by atoms with Crippen molar-refractivity contribution in [3.8, 4) is 0 Å². The number of rotatable bonds is 2. The topological polar surface area (TPSA) is 55.6 Å². The second-order valence-electron chi connectivity index (χ2n) is 5.35. The van der Waals surface area contributed by atoms with E-state index in [1.807, 2.05) is 23.1 Å². The molecule has 20 heavy (non-hydrogen) atoms. The number of carbonyl (C=O) groups excluding carboxylic acids is 1. The zero-order valence-electron chi connectivity index (χ0n) is 11.2. The fourth-order valence-electron chi connectivity index (χ4n) is 3.15. The zero-order chi connectivity index (χ0) is 14.1. The quantitative estimate of drug-likeness (QED) is 0.843. The third-order valence-corrected chi connectivity index (χ3v) is 4.37. The molecule has 0 aromatic heterocycles. The number of carbonyl (C=O) groups is 1. The minimum Gasteiger partial charge on any atom is -0.389 e. The molecule has 3 rings (SSSR count). The van der Waals surface area contributed by atoms with Crippen molar-refractivity contribution >= 4 is 23.1 Å². The molecule has 2 N–H and O–H groups in total. The van der Waals surface area contributed by atoms with E-state index in [0.29, 0.717) is 23.7 Å². The summed E-state index contributed by atoms with van der Waals surface area (Å²) in [6.45, 7) is 1.29. The first-order valence-electron chi connectivity index (χ1n) is 6.99. The molecule has 2 aliphatic rings. The number of nitrogens with two attached hydrogens (primary N) is 1. The molecular weight excluding hydrogens is 272 g/mol. The standard InChI is InChI=1S/C15H18N2O2S/c16-14(20)10-3-1-4-11(9-10)15(18)17-7-8-19-13-6-2-5-12(13)17/h1,3-4,9,12-13H,2,5-8H2,(H2,16,20). The lowest BCUT2D eigenvalue weighted by molar-refractivity contribution is -0.0445. The Morgan fingerprint density at radius 3 is 2.95 bits per heavy atom. The second kappa shape index (κ2) is 5.50. The molecule has 1 saturated heterocycles. The molecule has 1 heterocycles. The van der Waals surface area contributed by atoms with Crippen molar-refractivity contribution < 1.29 is 9.53 Å². The summed E-state index contributed by atoms with van der Waals surface area (Å²) in [5.41, 5.74) is 7.03. The van der Waals surface area contributed by atoms with Crippen LogP contribution in [0.1, 0.15) is 35.2 Å². The molecule has 4 nitrogen and oxygen atoms in total. The van der Waals surface area contributed by atoms with Gasteiger partial charge in [0, 0.05) is 17.7 Å². The van der Waals surface area contributed by atoms with Gasteiger partial charge in [-0.3, -0.25) is 4.79 Å². The Morgan fingerprint density at radius 2 is 2.15 bits per heavy atom. The second-order valence-corrected chi connectivity index (χ2v) is 5.79. The van der Waals surface area contributed by atoms with Crippen LogP contribution in [0.25, 0.3) is 0 Å². The van der Waals surface area contributed by atoms with Crippen molar-refractivity contribution in [3.63, 3.8) is 0 Å². The number of amides is 1. The van der Waals surface area contributed by atoms with Gasteiger partial charge in [-0.25, -0.2) is 0 Å². The Balaban J connectivity index is 1.84. The molecule has 1 saturated carbocycles. The molecule has 0 bridgehead atoms. The lowest BCUT2D eigenvalue weighted by Crippen LogP contribution is -2.51. The van der Waals surface area contributed by atoms with E-state index in [0.717, 1.165) is 24.8 Å². The maximum Gasteiger partial charge on any atom is 0.254 e. The summed E-state index contributed by atoms with van der Waals surface area (Å²) < 4.78 is 5.75. The van der Waals surface area contributed by atoms with Gasteiger partial charge in [-0.1, -0.05) is 24.4 Å². The highest BCUT2D eigenvalue weighted by Gasteiger charge is 2.38. The molecule has 2 atom stereocenters. The third kappa shape index (κ3) is 2.43. The van der Waals surface area contributed by atoms with Crippen LogP contribution >= 0.6 is 12.2 Å². The highest BCUT2D eigenvalue weighted by Crippen LogP contribution is 2.30. The van der Waals surface area contributed by atoms with Gasteiger partial charge in [0.05, 0.1) is 18.8 Å². The van der Waals surface area contributed by atoms with E-state index in [1.54, 1.807) is 6.07 Å². The van der Waals surface area contributed by atoms with Crippen molar-refractivity contribution in [2.24, 2.45) is 5.73 Å². The minimum absolute atomic E-state index is 0.0586. The summed E-state index contributed by atoms with van der Waals surface area (Å²) in [5, 5.41) is 0. The zero-order valence-corrected chi connectivity index (χ0v) is 12.1. The number of benzene rings is 1. The van der Waals surface area contributed by atoms with Crippen LogP contribution in [-0.4, -0.2) is 41.1 Å². The van der Waals surface area contributed by atoms with Crippen molar-refractivity contribution in [2.75, 3.05) is 13.2 Å². The average Bonchev–Trinajstić information content (AvgIpc) is 2.95. The van der Waals surface area contributed by atoms with Gasteiger partial charge in [0.1, 0.15) is 4.99 Å². The van der Waals surface area contributed by atoms with E-state index >= 15 is 0 Å². The van der Waals surface area contributed by atoms with Gasteiger partial charge in [-0.05, 0) is 31.4 Å². The number of hydrogen-bond donors (Lipinski definition) is 1. The number of fused-ring (bicyclic) bond motifs is 1. The molecule has 1 aromatic carbocycles. The monoisotopic (exact) mass is 290 g/mol. The van der Waals surface area contributed by atoms with Gasteiger partial charge in [-0.15, -0.1) is 0 Å². The largest absolute Gasteiger partial charge is 0.389 e. The third-order valence-electron chi connectivity index (χ3n) is 4.14.